The van der Waals surface area contributed by atoms with Gasteiger partial charge in [0, 0.05) is 26.2 Å². The first-order valence-corrected chi connectivity index (χ1v) is 9.13. The van der Waals surface area contributed by atoms with Crippen molar-refractivity contribution >= 4 is 0 Å². The van der Waals surface area contributed by atoms with Crippen molar-refractivity contribution in [2.45, 2.75) is 31.1 Å². The zero-order valence-corrected chi connectivity index (χ0v) is 15.2. The summed E-state index contributed by atoms with van der Waals surface area (Å²) in [4.78, 5) is 4.65. The predicted molar refractivity (Wildman–Crippen MR) is 94.1 cm³/mol. The Bertz CT molecular complexity index is 609. The van der Waals surface area contributed by atoms with Crippen molar-refractivity contribution in [3.05, 3.63) is 23.8 Å². The van der Waals surface area contributed by atoms with Crippen LogP contribution >= 0.6 is 0 Å². The third kappa shape index (κ3) is 3.92. The van der Waals surface area contributed by atoms with Gasteiger partial charge in [-0.05, 0) is 44.6 Å². The minimum atomic E-state index is -0.159. The van der Waals surface area contributed by atoms with Gasteiger partial charge in [0.2, 0.25) is 6.79 Å². The van der Waals surface area contributed by atoms with Crippen LogP contribution in [0.25, 0.3) is 0 Å². The second-order valence-electron chi connectivity index (χ2n) is 7.67. The molecule has 0 N–H and O–H groups in total. The van der Waals surface area contributed by atoms with Crippen molar-refractivity contribution in [1.82, 2.24) is 9.80 Å². The van der Waals surface area contributed by atoms with Gasteiger partial charge >= 0.3 is 0 Å². The number of ether oxygens (including phenoxy) is 4. The molecule has 3 aliphatic heterocycles. The van der Waals surface area contributed by atoms with Gasteiger partial charge in [0.25, 0.3) is 0 Å². The van der Waals surface area contributed by atoms with E-state index in [1.807, 2.05) is 6.07 Å². The van der Waals surface area contributed by atoms with E-state index in [2.05, 4.69) is 36.0 Å². The molecule has 1 spiro atoms. The monoisotopic (exact) mass is 348 g/mol. The largest absolute Gasteiger partial charge is 0.454 e. The summed E-state index contributed by atoms with van der Waals surface area (Å²) in [6.45, 7) is 5.49. The Kier molecular flexibility index (Phi) is 4.86. The molecule has 1 aromatic carbocycles. The first kappa shape index (κ1) is 17.1. The van der Waals surface area contributed by atoms with Crippen molar-refractivity contribution in [1.29, 1.82) is 0 Å². The topological polar surface area (TPSA) is 43.4 Å². The summed E-state index contributed by atoms with van der Waals surface area (Å²) in [6, 6.07) is 6.21. The molecule has 0 saturated carbocycles. The number of nitrogens with zero attached hydrogens (tertiary/aromatic N) is 2. The molecule has 3 aliphatic rings. The Hall–Kier alpha value is -1.34. The number of fused-ring (bicyclic) bond motifs is 1. The van der Waals surface area contributed by atoms with E-state index in [1.54, 1.807) is 0 Å². The fourth-order valence-electron chi connectivity index (χ4n) is 4.07. The summed E-state index contributed by atoms with van der Waals surface area (Å²) in [5, 5.41) is 0. The van der Waals surface area contributed by atoms with Crippen LogP contribution in [0.5, 0.6) is 11.5 Å². The number of hydrogen-bond donors (Lipinski definition) is 0. The van der Waals surface area contributed by atoms with Gasteiger partial charge < -0.3 is 23.8 Å². The number of rotatable bonds is 4. The molecule has 138 valence electrons. The van der Waals surface area contributed by atoms with Gasteiger partial charge in [-0.3, -0.25) is 4.90 Å². The molecule has 2 saturated heterocycles. The van der Waals surface area contributed by atoms with E-state index < -0.39 is 0 Å². The minimum Gasteiger partial charge on any atom is -0.454 e. The second kappa shape index (κ2) is 7.11. The van der Waals surface area contributed by atoms with Gasteiger partial charge in [-0.15, -0.1) is 0 Å². The molecule has 3 heterocycles. The standard InChI is InChI=1S/C19H28N2O4/c1-20(2)11-16-5-6-19(25-16)12-21(7-8-22-13-19)10-15-3-4-17-18(9-15)24-14-23-17/h3-4,9,16H,5-8,10-14H2,1-2H3/t16-,19+/m1/s1. The molecule has 0 aromatic heterocycles. The van der Waals surface area contributed by atoms with Crippen LogP contribution in [-0.2, 0) is 16.0 Å². The summed E-state index contributed by atoms with van der Waals surface area (Å²) >= 11 is 0. The molecule has 1 aromatic rings. The van der Waals surface area contributed by atoms with Crippen molar-refractivity contribution in [3.8, 4) is 11.5 Å². The highest BCUT2D eigenvalue weighted by molar-refractivity contribution is 5.44. The van der Waals surface area contributed by atoms with Crippen LogP contribution in [0.4, 0.5) is 0 Å². The molecule has 0 radical (unpaired) electrons. The van der Waals surface area contributed by atoms with E-state index in [1.165, 1.54) is 5.56 Å². The number of benzene rings is 1. The molecule has 2 fully saturated rings. The van der Waals surface area contributed by atoms with Crippen LogP contribution in [0.1, 0.15) is 18.4 Å². The van der Waals surface area contributed by atoms with Gasteiger partial charge in [-0.2, -0.15) is 0 Å². The van der Waals surface area contributed by atoms with Crippen molar-refractivity contribution < 1.29 is 18.9 Å². The van der Waals surface area contributed by atoms with E-state index >= 15 is 0 Å². The van der Waals surface area contributed by atoms with Gasteiger partial charge in [0.15, 0.2) is 11.5 Å². The maximum atomic E-state index is 6.47. The lowest BCUT2D eigenvalue weighted by molar-refractivity contribution is -0.0902. The lowest BCUT2D eigenvalue weighted by atomic mass is 9.99. The normalized spacial score (nSPS) is 29.5. The van der Waals surface area contributed by atoms with Gasteiger partial charge in [-0.25, -0.2) is 0 Å². The van der Waals surface area contributed by atoms with Gasteiger partial charge in [0.1, 0.15) is 5.60 Å². The molecule has 6 heteroatoms. The van der Waals surface area contributed by atoms with E-state index in [-0.39, 0.29) is 5.60 Å². The molecule has 0 bridgehead atoms. The minimum absolute atomic E-state index is 0.159. The highest BCUT2D eigenvalue weighted by Gasteiger charge is 2.43. The summed E-state index contributed by atoms with van der Waals surface area (Å²) < 4.78 is 23.3. The first-order valence-electron chi connectivity index (χ1n) is 9.13. The number of likely N-dealkylation sites (N-methyl/N-ethyl adjacent to an activating group) is 1. The summed E-state index contributed by atoms with van der Waals surface area (Å²) in [5.74, 6) is 1.69. The van der Waals surface area contributed by atoms with Crippen molar-refractivity contribution in [2.75, 3.05) is 53.7 Å². The Balaban J connectivity index is 1.42. The molecule has 25 heavy (non-hydrogen) atoms. The molecule has 0 aliphatic carbocycles. The van der Waals surface area contributed by atoms with Crippen LogP contribution in [0.2, 0.25) is 0 Å². The smallest absolute Gasteiger partial charge is 0.231 e. The lowest BCUT2D eigenvalue weighted by Crippen LogP contribution is -2.45. The molecular formula is C19H28N2O4. The molecule has 4 rings (SSSR count). The van der Waals surface area contributed by atoms with Crippen molar-refractivity contribution in [2.24, 2.45) is 0 Å². The lowest BCUT2D eigenvalue weighted by Gasteiger charge is -2.32. The predicted octanol–water partition coefficient (Wildman–Crippen LogP) is 1.73. The number of hydrogen-bond acceptors (Lipinski definition) is 6. The molecule has 0 unspecified atom stereocenters. The fraction of sp³-hybridized carbons (Fsp3) is 0.684. The van der Waals surface area contributed by atoms with Crippen LogP contribution in [0.15, 0.2) is 18.2 Å². The zero-order chi connectivity index (χ0) is 17.3. The van der Waals surface area contributed by atoms with Crippen molar-refractivity contribution in [3.63, 3.8) is 0 Å². The third-order valence-electron chi connectivity index (χ3n) is 5.18. The Morgan fingerprint density at radius 3 is 3.00 bits per heavy atom. The highest BCUT2D eigenvalue weighted by atomic mass is 16.7. The average molecular weight is 348 g/mol. The van der Waals surface area contributed by atoms with Crippen LogP contribution in [0, 0.1) is 0 Å². The molecular weight excluding hydrogens is 320 g/mol. The second-order valence-corrected chi connectivity index (χ2v) is 7.67. The molecule has 6 nitrogen and oxygen atoms in total. The first-order chi connectivity index (χ1) is 12.1. The van der Waals surface area contributed by atoms with Crippen LogP contribution < -0.4 is 9.47 Å². The zero-order valence-electron chi connectivity index (χ0n) is 15.2. The Labute approximate surface area is 149 Å². The summed E-state index contributed by atoms with van der Waals surface area (Å²) in [5.41, 5.74) is 1.08. The van der Waals surface area contributed by atoms with E-state index in [9.17, 15) is 0 Å². The van der Waals surface area contributed by atoms with E-state index in [0.717, 1.165) is 57.1 Å². The summed E-state index contributed by atoms with van der Waals surface area (Å²) in [7, 11) is 4.20. The molecule has 2 atom stereocenters. The van der Waals surface area contributed by atoms with Crippen LogP contribution in [0.3, 0.4) is 0 Å². The van der Waals surface area contributed by atoms with Gasteiger partial charge in [-0.1, -0.05) is 6.07 Å². The SMILES string of the molecule is CN(C)C[C@H]1CC[C@]2(COCCN(Cc3ccc4c(c3)OCO4)C2)O1. The Morgan fingerprint density at radius 2 is 2.12 bits per heavy atom. The Morgan fingerprint density at radius 1 is 1.24 bits per heavy atom. The van der Waals surface area contributed by atoms with Crippen LogP contribution in [-0.4, -0.2) is 75.2 Å². The quantitative estimate of drug-likeness (QED) is 0.826. The maximum Gasteiger partial charge on any atom is 0.231 e. The fourth-order valence-corrected chi connectivity index (χ4v) is 4.07. The van der Waals surface area contributed by atoms with E-state index in [4.69, 9.17) is 18.9 Å². The van der Waals surface area contributed by atoms with Gasteiger partial charge in [0.05, 0.1) is 19.3 Å². The average Bonchev–Trinajstić information content (AvgIpc) is 3.12. The third-order valence-corrected chi connectivity index (χ3v) is 5.18. The molecule has 0 amide bonds. The summed E-state index contributed by atoms with van der Waals surface area (Å²) in [6.07, 6.45) is 2.49. The maximum absolute atomic E-state index is 6.47. The highest BCUT2D eigenvalue weighted by Crippen LogP contribution is 2.35. The van der Waals surface area contributed by atoms with E-state index in [0.29, 0.717) is 19.5 Å².